The van der Waals surface area contributed by atoms with Crippen molar-refractivity contribution in [2.24, 2.45) is 5.84 Å². The molecular weight excluding hydrogens is 430 g/mol. The molecule has 8 heteroatoms. The van der Waals surface area contributed by atoms with Crippen LogP contribution in [0.5, 0.6) is 11.5 Å². The van der Waals surface area contributed by atoms with E-state index in [1.54, 1.807) is 24.3 Å². The van der Waals surface area contributed by atoms with E-state index < -0.39 is 6.03 Å². The van der Waals surface area contributed by atoms with Gasteiger partial charge in [-0.15, -0.1) is 0 Å². The first-order chi connectivity index (χ1) is 10.9. The number of hydrogen-bond acceptors (Lipinski definition) is 4. The number of aromatic hydroxyl groups is 1. The van der Waals surface area contributed by atoms with Crippen molar-refractivity contribution in [1.29, 1.82) is 0 Å². The Morgan fingerprint density at radius 3 is 2.70 bits per heavy atom. The lowest BCUT2D eigenvalue weighted by atomic mass is 10.2. The molecule has 0 unspecified atom stereocenters. The van der Waals surface area contributed by atoms with Gasteiger partial charge >= 0.3 is 6.03 Å². The Kier molecular flexibility index (Phi) is 5.86. The van der Waals surface area contributed by atoms with Crippen LogP contribution in [0, 0.1) is 0 Å². The number of nitrogens with one attached hydrogen (secondary N) is 1. The summed E-state index contributed by atoms with van der Waals surface area (Å²) < 4.78 is 7.19. The molecule has 0 saturated carbocycles. The molecule has 0 fully saturated rings. The average Bonchev–Trinajstić information content (AvgIpc) is 2.48. The SMILES string of the molecule is CN(N)C(=O)Nc1cccc(Br)c1COc1ccc(O)cc1Br. The standard InChI is InChI=1S/C15H15Br2N3O3/c1-20(18)15(22)19-13-4-2-3-11(16)10(13)8-23-14-6-5-9(21)7-12(14)17/h2-7,21H,8,18H2,1H3,(H,19,22). The van der Waals surface area contributed by atoms with E-state index in [1.165, 1.54) is 13.1 Å². The van der Waals surface area contributed by atoms with Gasteiger partial charge in [0.2, 0.25) is 0 Å². The zero-order valence-electron chi connectivity index (χ0n) is 12.2. The molecule has 2 rings (SSSR count). The molecule has 0 aliphatic heterocycles. The number of halogens is 2. The number of phenolic OH excluding ortho intramolecular Hbond substituents is 1. The molecule has 4 N–H and O–H groups in total. The molecule has 0 aromatic heterocycles. The van der Waals surface area contributed by atoms with Crippen molar-refractivity contribution in [3.63, 3.8) is 0 Å². The Bertz CT molecular complexity index is 723. The van der Waals surface area contributed by atoms with Crippen LogP contribution in [-0.4, -0.2) is 23.2 Å². The van der Waals surface area contributed by atoms with Crippen LogP contribution in [0.25, 0.3) is 0 Å². The van der Waals surface area contributed by atoms with Gasteiger partial charge in [0.05, 0.1) is 10.2 Å². The highest BCUT2D eigenvalue weighted by Gasteiger charge is 2.13. The third-order valence-electron chi connectivity index (χ3n) is 2.97. The lowest BCUT2D eigenvalue weighted by molar-refractivity contribution is 0.223. The lowest BCUT2D eigenvalue weighted by Crippen LogP contribution is -2.37. The highest BCUT2D eigenvalue weighted by molar-refractivity contribution is 9.10. The van der Waals surface area contributed by atoms with Gasteiger partial charge < -0.3 is 15.2 Å². The number of hydrazine groups is 1. The van der Waals surface area contributed by atoms with Gasteiger partial charge in [-0.05, 0) is 46.3 Å². The number of urea groups is 1. The number of anilines is 1. The molecule has 0 heterocycles. The number of phenols is 1. The predicted molar refractivity (Wildman–Crippen MR) is 95.2 cm³/mol. The van der Waals surface area contributed by atoms with Crippen LogP contribution in [0.4, 0.5) is 10.5 Å². The van der Waals surface area contributed by atoms with Gasteiger partial charge in [-0.25, -0.2) is 10.6 Å². The van der Waals surface area contributed by atoms with Crippen molar-refractivity contribution in [2.75, 3.05) is 12.4 Å². The quantitative estimate of drug-likeness (QED) is 0.380. The van der Waals surface area contributed by atoms with Crippen LogP contribution < -0.4 is 15.9 Å². The summed E-state index contributed by atoms with van der Waals surface area (Å²) in [6, 6.07) is 9.71. The Hall–Kier alpha value is -1.77. The zero-order valence-corrected chi connectivity index (χ0v) is 15.4. The fourth-order valence-electron chi connectivity index (χ4n) is 1.78. The van der Waals surface area contributed by atoms with Crippen molar-refractivity contribution in [2.45, 2.75) is 6.61 Å². The Labute approximate surface area is 150 Å². The lowest BCUT2D eigenvalue weighted by Gasteiger charge is -2.17. The highest BCUT2D eigenvalue weighted by Crippen LogP contribution is 2.31. The van der Waals surface area contributed by atoms with E-state index >= 15 is 0 Å². The summed E-state index contributed by atoms with van der Waals surface area (Å²) in [7, 11) is 1.46. The number of nitrogens with zero attached hydrogens (tertiary/aromatic N) is 1. The van der Waals surface area contributed by atoms with E-state index in [4.69, 9.17) is 10.6 Å². The van der Waals surface area contributed by atoms with E-state index in [9.17, 15) is 9.90 Å². The maximum atomic E-state index is 11.7. The number of amides is 2. The Morgan fingerprint density at radius 1 is 1.30 bits per heavy atom. The topological polar surface area (TPSA) is 87.8 Å². The summed E-state index contributed by atoms with van der Waals surface area (Å²) in [4.78, 5) is 11.7. The molecule has 0 atom stereocenters. The molecule has 23 heavy (non-hydrogen) atoms. The molecule has 2 aromatic carbocycles. The van der Waals surface area contributed by atoms with Gasteiger partial charge in [-0.3, -0.25) is 5.01 Å². The van der Waals surface area contributed by atoms with Crippen LogP contribution >= 0.6 is 31.9 Å². The fourth-order valence-corrected chi connectivity index (χ4v) is 2.74. The molecule has 0 radical (unpaired) electrons. The van der Waals surface area contributed by atoms with Crippen molar-refractivity contribution in [1.82, 2.24) is 5.01 Å². The molecule has 0 bridgehead atoms. The first-order valence-corrected chi connectivity index (χ1v) is 8.15. The summed E-state index contributed by atoms with van der Waals surface area (Å²) in [6.07, 6.45) is 0. The van der Waals surface area contributed by atoms with Crippen LogP contribution in [0.15, 0.2) is 45.3 Å². The van der Waals surface area contributed by atoms with Crippen LogP contribution in [0.3, 0.4) is 0 Å². The van der Waals surface area contributed by atoms with Gasteiger partial charge in [-0.1, -0.05) is 22.0 Å². The molecular formula is C15H15Br2N3O3. The van der Waals surface area contributed by atoms with Crippen LogP contribution in [0.2, 0.25) is 0 Å². The first-order valence-electron chi connectivity index (χ1n) is 6.56. The number of rotatable bonds is 4. The number of nitrogens with two attached hydrogens (primary N) is 1. The third kappa shape index (κ3) is 4.60. The number of benzene rings is 2. The number of carbonyl (C=O) groups excluding carboxylic acids is 1. The second-order valence-electron chi connectivity index (χ2n) is 4.71. The summed E-state index contributed by atoms with van der Waals surface area (Å²) in [5.74, 6) is 6.14. The van der Waals surface area contributed by atoms with Gasteiger partial charge in [0.1, 0.15) is 18.1 Å². The maximum Gasteiger partial charge on any atom is 0.335 e. The number of ether oxygens (including phenoxy) is 1. The normalized spacial score (nSPS) is 10.3. The van der Waals surface area contributed by atoms with E-state index in [-0.39, 0.29) is 12.4 Å². The van der Waals surface area contributed by atoms with E-state index in [0.29, 0.717) is 15.9 Å². The molecule has 0 saturated heterocycles. The molecule has 0 spiro atoms. The molecule has 6 nitrogen and oxygen atoms in total. The van der Waals surface area contributed by atoms with E-state index in [1.807, 2.05) is 6.07 Å². The second-order valence-corrected chi connectivity index (χ2v) is 6.42. The smallest absolute Gasteiger partial charge is 0.335 e. The van der Waals surface area contributed by atoms with Gasteiger partial charge in [0, 0.05) is 17.1 Å². The monoisotopic (exact) mass is 443 g/mol. The van der Waals surface area contributed by atoms with E-state index in [0.717, 1.165) is 15.0 Å². The molecule has 0 aliphatic rings. The molecule has 0 aliphatic carbocycles. The van der Waals surface area contributed by atoms with Gasteiger partial charge in [0.15, 0.2) is 0 Å². The molecule has 122 valence electrons. The van der Waals surface area contributed by atoms with Gasteiger partial charge in [0.25, 0.3) is 0 Å². The molecule has 2 aromatic rings. The molecule has 2 amide bonds. The van der Waals surface area contributed by atoms with Crippen molar-refractivity contribution < 1.29 is 14.6 Å². The minimum Gasteiger partial charge on any atom is -0.508 e. The number of hydrogen-bond donors (Lipinski definition) is 3. The Balaban J connectivity index is 2.20. The summed E-state index contributed by atoms with van der Waals surface area (Å²) in [6.45, 7) is 0.217. The van der Waals surface area contributed by atoms with Crippen LogP contribution in [0.1, 0.15) is 5.56 Å². The highest BCUT2D eigenvalue weighted by atomic mass is 79.9. The van der Waals surface area contributed by atoms with Crippen molar-refractivity contribution in [3.8, 4) is 11.5 Å². The van der Waals surface area contributed by atoms with Crippen LogP contribution in [-0.2, 0) is 6.61 Å². The fraction of sp³-hybridized carbons (Fsp3) is 0.133. The van der Waals surface area contributed by atoms with Crippen molar-refractivity contribution in [3.05, 3.63) is 50.9 Å². The second kappa shape index (κ2) is 7.67. The van der Waals surface area contributed by atoms with Gasteiger partial charge in [-0.2, -0.15) is 0 Å². The van der Waals surface area contributed by atoms with E-state index in [2.05, 4.69) is 37.2 Å². The predicted octanol–water partition coefficient (Wildman–Crippen LogP) is 3.83. The maximum absolute atomic E-state index is 11.7. The summed E-state index contributed by atoms with van der Waals surface area (Å²) >= 11 is 6.78. The van der Waals surface area contributed by atoms with Crippen molar-refractivity contribution >= 4 is 43.6 Å². The minimum atomic E-state index is -0.435. The average molecular weight is 445 g/mol. The minimum absolute atomic E-state index is 0.143. The zero-order chi connectivity index (χ0) is 17.0. The third-order valence-corrected chi connectivity index (χ3v) is 4.33. The number of carbonyl (C=O) groups is 1. The first kappa shape index (κ1) is 17.6. The Morgan fingerprint density at radius 2 is 2.04 bits per heavy atom. The summed E-state index contributed by atoms with van der Waals surface area (Å²) in [5, 5.41) is 13.1. The largest absolute Gasteiger partial charge is 0.508 e. The summed E-state index contributed by atoms with van der Waals surface area (Å²) in [5.41, 5.74) is 1.36.